The van der Waals surface area contributed by atoms with E-state index < -0.39 is 0 Å². The normalized spacial score (nSPS) is 19.8. The minimum atomic E-state index is -0.00578. The molecule has 0 saturated carbocycles. The first-order valence-electron chi connectivity index (χ1n) is 11.3. The number of likely N-dealkylation sites (tertiary alicyclic amines) is 1. The molecule has 3 N–H and O–H groups in total. The zero-order valence-electron chi connectivity index (χ0n) is 18.5. The monoisotopic (exact) mass is 433 g/mol. The van der Waals surface area contributed by atoms with Crippen LogP contribution in [0.4, 0.5) is 10.5 Å². The van der Waals surface area contributed by atoms with Gasteiger partial charge < -0.3 is 15.5 Å². The summed E-state index contributed by atoms with van der Waals surface area (Å²) in [5, 5.41) is 7.69. The van der Waals surface area contributed by atoms with E-state index in [1.54, 1.807) is 17.0 Å². The molecule has 2 fully saturated rings. The Morgan fingerprint density at radius 2 is 1.78 bits per heavy atom. The van der Waals surface area contributed by atoms with Gasteiger partial charge in [-0.1, -0.05) is 49.4 Å². The number of nitrogens with one attached hydrogen (secondary N) is 1. The SMILES string of the molecule is CC1CN(c2cccc(C(=N)N)c2)C(=O)N(C2CCN(C(=O)Cc3ccccc3)CC2)C1. The number of amides is 3. The van der Waals surface area contributed by atoms with Gasteiger partial charge in [-0.25, -0.2) is 4.79 Å². The fourth-order valence-electron chi connectivity index (χ4n) is 4.69. The number of urea groups is 1. The van der Waals surface area contributed by atoms with Crippen LogP contribution in [0.25, 0.3) is 0 Å². The van der Waals surface area contributed by atoms with Crippen molar-refractivity contribution in [3.05, 3.63) is 65.7 Å². The van der Waals surface area contributed by atoms with Crippen molar-refractivity contribution in [2.45, 2.75) is 32.2 Å². The smallest absolute Gasteiger partial charge is 0.324 e. The van der Waals surface area contributed by atoms with Crippen LogP contribution in [0.3, 0.4) is 0 Å². The van der Waals surface area contributed by atoms with Gasteiger partial charge in [-0.05, 0) is 36.5 Å². The minimum Gasteiger partial charge on any atom is -0.384 e. The molecule has 0 aliphatic carbocycles. The van der Waals surface area contributed by atoms with E-state index >= 15 is 0 Å². The lowest BCUT2D eigenvalue weighted by atomic mass is 9.98. The van der Waals surface area contributed by atoms with E-state index in [0.717, 1.165) is 30.6 Å². The van der Waals surface area contributed by atoms with E-state index in [0.29, 0.717) is 37.5 Å². The van der Waals surface area contributed by atoms with Gasteiger partial charge in [-0.3, -0.25) is 15.1 Å². The molecule has 168 valence electrons. The Morgan fingerprint density at radius 1 is 1.06 bits per heavy atom. The number of nitrogens with two attached hydrogens (primary N) is 1. The van der Waals surface area contributed by atoms with Gasteiger partial charge in [-0.15, -0.1) is 0 Å². The number of hydrogen-bond acceptors (Lipinski definition) is 3. The molecule has 1 unspecified atom stereocenters. The Morgan fingerprint density at radius 3 is 2.47 bits per heavy atom. The van der Waals surface area contributed by atoms with Gasteiger partial charge >= 0.3 is 6.03 Å². The Kier molecular flexibility index (Phi) is 6.44. The number of anilines is 1. The molecule has 2 aromatic rings. The lowest BCUT2D eigenvalue weighted by Gasteiger charge is -2.45. The summed E-state index contributed by atoms with van der Waals surface area (Å²) in [5.41, 5.74) is 8.06. The Hall–Kier alpha value is -3.35. The van der Waals surface area contributed by atoms with E-state index in [9.17, 15) is 9.59 Å². The molecule has 0 aromatic heterocycles. The number of carbonyl (C=O) groups excluding carboxylic acids is 2. The number of piperidine rings is 1. The van der Waals surface area contributed by atoms with Crippen molar-refractivity contribution >= 4 is 23.5 Å². The number of amidine groups is 1. The van der Waals surface area contributed by atoms with Crippen molar-refractivity contribution < 1.29 is 9.59 Å². The van der Waals surface area contributed by atoms with E-state index in [2.05, 4.69) is 6.92 Å². The van der Waals surface area contributed by atoms with Crippen LogP contribution in [0.2, 0.25) is 0 Å². The van der Waals surface area contributed by atoms with Crippen LogP contribution in [0.5, 0.6) is 0 Å². The van der Waals surface area contributed by atoms with E-state index in [1.165, 1.54) is 0 Å². The largest absolute Gasteiger partial charge is 0.384 e. The number of nitrogen functional groups attached to an aromatic ring is 1. The van der Waals surface area contributed by atoms with Crippen molar-refractivity contribution in [3.8, 4) is 0 Å². The molecule has 32 heavy (non-hydrogen) atoms. The van der Waals surface area contributed by atoms with Gasteiger partial charge in [0.1, 0.15) is 5.84 Å². The molecule has 0 spiro atoms. The molecule has 2 saturated heterocycles. The molecule has 7 heteroatoms. The average molecular weight is 434 g/mol. The standard InChI is InChI=1S/C25H31N5O2/c1-18-16-29(25(32)30(17-18)22-9-5-8-20(15-22)24(26)27)21-10-12-28(13-11-21)23(31)14-19-6-3-2-4-7-19/h2-9,15,18,21H,10-14,16-17H2,1H3,(H3,26,27). The van der Waals surface area contributed by atoms with Gasteiger partial charge in [0.15, 0.2) is 0 Å². The summed E-state index contributed by atoms with van der Waals surface area (Å²) >= 11 is 0. The van der Waals surface area contributed by atoms with Crippen molar-refractivity contribution in [2.75, 3.05) is 31.1 Å². The van der Waals surface area contributed by atoms with Gasteiger partial charge in [0, 0.05) is 43.5 Å². The maximum atomic E-state index is 13.4. The summed E-state index contributed by atoms with van der Waals surface area (Å²) in [4.78, 5) is 31.8. The highest BCUT2D eigenvalue weighted by Crippen LogP contribution is 2.28. The molecule has 2 heterocycles. The quantitative estimate of drug-likeness (QED) is 0.560. The molecule has 2 aromatic carbocycles. The number of carbonyl (C=O) groups is 2. The van der Waals surface area contributed by atoms with Crippen molar-refractivity contribution in [3.63, 3.8) is 0 Å². The molecule has 2 aliphatic rings. The maximum Gasteiger partial charge on any atom is 0.324 e. The highest BCUT2D eigenvalue weighted by atomic mass is 16.2. The van der Waals surface area contributed by atoms with Gasteiger partial charge in [0.2, 0.25) is 5.91 Å². The van der Waals surface area contributed by atoms with Crippen molar-refractivity contribution in [2.24, 2.45) is 11.7 Å². The molecule has 0 radical (unpaired) electrons. The fraction of sp³-hybridized carbons (Fsp3) is 0.400. The van der Waals surface area contributed by atoms with Gasteiger partial charge in [0.05, 0.1) is 6.42 Å². The lowest BCUT2D eigenvalue weighted by molar-refractivity contribution is -0.131. The summed E-state index contributed by atoms with van der Waals surface area (Å²) in [7, 11) is 0. The van der Waals surface area contributed by atoms with Crippen LogP contribution in [0.1, 0.15) is 30.9 Å². The molecular weight excluding hydrogens is 402 g/mol. The Bertz CT molecular complexity index is 985. The summed E-state index contributed by atoms with van der Waals surface area (Å²) in [5.74, 6) is 0.468. The first-order chi connectivity index (χ1) is 15.4. The van der Waals surface area contributed by atoms with Crippen LogP contribution in [-0.4, -0.2) is 59.8 Å². The topological polar surface area (TPSA) is 93.7 Å². The number of benzene rings is 2. The van der Waals surface area contributed by atoms with Crippen LogP contribution < -0.4 is 10.6 Å². The third kappa shape index (κ3) is 4.77. The highest BCUT2D eigenvalue weighted by Gasteiger charge is 2.37. The lowest BCUT2D eigenvalue weighted by Crippen LogP contribution is -2.58. The van der Waals surface area contributed by atoms with E-state index in [1.807, 2.05) is 52.3 Å². The Labute approximate surface area is 189 Å². The molecule has 2 aliphatic heterocycles. The second kappa shape index (κ2) is 9.42. The molecule has 1 atom stereocenters. The minimum absolute atomic E-state index is 0.00198. The zero-order valence-corrected chi connectivity index (χ0v) is 18.5. The van der Waals surface area contributed by atoms with Gasteiger partial charge in [-0.2, -0.15) is 0 Å². The number of hydrogen-bond donors (Lipinski definition) is 2. The van der Waals surface area contributed by atoms with Crippen LogP contribution >= 0.6 is 0 Å². The first kappa shape index (κ1) is 21.9. The second-order valence-electron chi connectivity index (χ2n) is 8.89. The average Bonchev–Trinajstić information content (AvgIpc) is 2.81. The summed E-state index contributed by atoms with van der Waals surface area (Å²) < 4.78 is 0. The van der Waals surface area contributed by atoms with Gasteiger partial charge in [0.25, 0.3) is 0 Å². The third-order valence-electron chi connectivity index (χ3n) is 6.40. The molecular formula is C25H31N5O2. The highest BCUT2D eigenvalue weighted by molar-refractivity contribution is 5.98. The van der Waals surface area contributed by atoms with Crippen LogP contribution in [0, 0.1) is 11.3 Å². The first-order valence-corrected chi connectivity index (χ1v) is 11.3. The van der Waals surface area contributed by atoms with Crippen LogP contribution in [0.15, 0.2) is 54.6 Å². The molecule has 3 amide bonds. The van der Waals surface area contributed by atoms with E-state index in [4.69, 9.17) is 11.1 Å². The molecule has 0 bridgehead atoms. The zero-order chi connectivity index (χ0) is 22.7. The van der Waals surface area contributed by atoms with Crippen molar-refractivity contribution in [1.29, 1.82) is 5.41 Å². The number of nitrogens with zero attached hydrogens (tertiary/aromatic N) is 3. The fourth-order valence-corrected chi connectivity index (χ4v) is 4.69. The van der Waals surface area contributed by atoms with Crippen molar-refractivity contribution in [1.82, 2.24) is 9.80 Å². The second-order valence-corrected chi connectivity index (χ2v) is 8.89. The molecule has 4 rings (SSSR count). The molecule has 7 nitrogen and oxygen atoms in total. The predicted molar refractivity (Wildman–Crippen MR) is 126 cm³/mol. The van der Waals surface area contributed by atoms with E-state index in [-0.39, 0.29) is 23.8 Å². The predicted octanol–water partition coefficient (Wildman–Crippen LogP) is 3.08. The Balaban J connectivity index is 1.40. The summed E-state index contributed by atoms with van der Waals surface area (Å²) in [6.07, 6.45) is 2.01. The summed E-state index contributed by atoms with van der Waals surface area (Å²) in [6.45, 7) is 4.87. The number of rotatable bonds is 5. The van der Waals surface area contributed by atoms with Crippen LogP contribution in [-0.2, 0) is 11.2 Å². The third-order valence-corrected chi connectivity index (χ3v) is 6.40. The summed E-state index contributed by atoms with van der Waals surface area (Å²) in [6, 6.07) is 17.3. The maximum absolute atomic E-state index is 13.4.